The Bertz CT molecular complexity index is 476. The highest BCUT2D eigenvalue weighted by molar-refractivity contribution is 6.17. The van der Waals surface area contributed by atoms with Crippen LogP contribution in [0.2, 0.25) is 0 Å². The van der Waals surface area contributed by atoms with Crippen molar-refractivity contribution in [1.29, 1.82) is 5.26 Å². The standard InChI is InChI=1S/C14H16ClN3O/c15-7-2-8-18(12-3-1-4-12)14(19)13-6-5-11(9-16)10-17-13/h5-6,10,12H,1-4,7-8H2. The van der Waals surface area contributed by atoms with E-state index in [1.54, 1.807) is 12.1 Å². The van der Waals surface area contributed by atoms with Gasteiger partial charge in [-0.15, -0.1) is 11.6 Å². The summed E-state index contributed by atoms with van der Waals surface area (Å²) in [6.45, 7) is 0.675. The first-order valence-corrected chi connectivity index (χ1v) is 7.03. The molecule has 0 radical (unpaired) electrons. The minimum absolute atomic E-state index is 0.0562. The third-order valence-corrected chi connectivity index (χ3v) is 3.69. The van der Waals surface area contributed by atoms with Crippen LogP contribution in [0.5, 0.6) is 0 Å². The van der Waals surface area contributed by atoms with E-state index >= 15 is 0 Å². The number of nitriles is 1. The molecule has 0 N–H and O–H groups in total. The van der Waals surface area contributed by atoms with Crippen molar-refractivity contribution in [2.24, 2.45) is 0 Å². The molecule has 1 heterocycles. The van der Waals surface area contributed by atoms with E-state index in [-0.39, 0.29) is 5.91 Å². The van der Waals surface area contributed by atoms with Gasteiger partial charge in [-0.2, -0.15) is 5.26 Å². The van der Waals surface area contributed by atoms with Crippen molar-refractivity contribution >= 4 is 17.5 Å². The molecule has 0 bridgehead atoms. The Labute approximate surface area is 118 Å². The molecule has 1 aliphatic rings. The lowest BCUT2D eigenvalue weighted by Crippen LogP contribution is -2.45. The molecule has 1 aromatic rings. The highest BCUT2D eigenvalue weighted by Crippen LogP contribution is 2.26. The van der Waals surface area contributed by atoms with Crippen LogP contribution in [0.3, 0.4) is 0 Å². The summed E-state index contributed by atoms with van der Waals surface area (Å²) in [6, 6.07) is 5.57. The number of hydrogen-bond acceptors (Lipinski definition) is 3. The van der Waals surface area contributed by atoms with Gasteiger partial charge in [0.1, 0.15) is 11.8 Å². The molecule has 19 heavy (non-hydrogen) atoms. The van der Waals surface area contributed by atoms with Gasteiger partial charge in [0.15, 0.2) is 0 Å². The van der Waals surface area contributed by atoms with Gasteiger partial charge in [0.25, 0.3) is 5.91 Å². The Hall–Kier alpha value is -1.60. The van der Waals surface area contributed by atoms with E-state index < -0.39 is 0 Å². The maximum Gasteiger partial charge on any atom is 0.272 e. The number of amides is 1. The molecule has 0 atom stereocenters. The summed E-state index contributed by atoms with van der Waals surface area (Å²) in [6.07, 6.45) is 5.53. The van der Waals surface area contributed by atoms with Gasteiger partial charge in [0.2, 0.25) is 0 Å². The first-order valence-electron chi connectivity index (χ1n) is 6.49. The fourth-order valence-corrected chi connectivity index (χ4v) is 2.23. The van der Waals surface area contributed by atoms with Crippen LogP contribution in [-0.2, 0) is 0 Å². The zero-order valence-electron chi connectivity index (χ0n) is 10.7. The first kappa shape index (κ1) is 13.8. The molecule has 0 aliphatic heterocycles. The molecule has 0 unspecified atom stereocenters. The van der Waals surface area contributed by atoms with Crippen LogP contribution in [0.4, 0.5) is 0 Å². The van der Waals surface area contributed by atoms with Gasteiger partial charge in [0.05, 0.1) is 5.56 Å². The molecular weight excluding hydrogens is 262 g/mol. The Morgan fingerprint density at radius 3 is 2.79 bits per heavy atom. The molecule has 1 amide bonds. The molecule has 100 valence electrons. The summed E-state index contributed by atoms with van der Waals surface area (Å²) in [5.74, 6) is 0.497. The van der Waals surface area contributed by atoms with Gasteiger partial charge in [-0.3, -0.25) is 4.79 Å². The fourth-order valence-electron chi connectivity index (χ4n) is 2.11. The molecule has 5 heteroatoms. The predicted octanol–water partition coefficient (Wildman–Crippen LogP) is 2.58. The second-order valence-corrected chi connectivity index (χ2v) is 5.05. The maximum absolute atomic E-state index is 12.4. The van der Waals surface area contributed by atoms with Gasteiger partial charge in [-0.1, -0.05) is 0 Å². The molecular formula is C14H16ClN3O. The van der Waals surface area contributed by atoms with Gasteiger partial charge < -0.3 is 4.90 Å². The Balaban J connectivity index is 2.10. The van der Waals surface area contributed by atoms with Crippen LogP contribution in [0.15, 0.2) is 18.3 Å². The number of pyridine rings is 1. The number of halogens is 1. The van der Waals surface area contributed by atoms with E-state index in [0.29, 0.717) is 29.7 Å². The zero-order valence-corrected chi connectivity index (χ0v) is 11.4. The maximum atomic E-state index is 12.4. The van der Waals surface area contributed by atoms with E-state index in [0.717, 1.165) is 19.3 Å². The number of carbonyl (C=O) groups excluding carboxylic acids is 1. The van der Waals surface area contributed by atoms with E-state index in [4.69, 9.17) is 16.9 Å². The van der Waals surface area contributed by atoms with Gasteiger partial charge >= 0.3 is 0 Å². The van der Waals surface area contributed by atoms with Gasteiger partial charge in [0, 0.05) is 24.7 Å². The van der Waals surface area contributed by atoms with Gasteiger partial charge in [-0.25, -0.2) is 4.98 Å². The minimum atomic E-state index is -0.0562. The van der Waals surface area contributed by atoms with Crippen molar-refractivity contribution in [3.63, 3.8) is 0 Å². The van der Waals surface area contributed by atoms with Gasteiger partial charge in [-0.05, 0) is 37.8 Å². The Morgan fingerprint density at radius 2 is 2.32 bits per heavy atom. The normalized spacial score (nSPS) is 14.5. The molecule has 1 aliphatic carbocycles. The predicted molar refractivity (Wildman–Crippen MR) is 73.0 cm³/mol. The van der Waals surface area contributed by atoms with Crippen molar-refractivity contribution in [3.8, 4) is 6.07 Å². The fraction of sp³-hybridized carbons (Fsp3) is 0.500. The summed E-state index contributed by atoms with van der Waals surface area (Å²) in [5, 5.41) is 8.73. The topological polar surface area (TPSA) is 57.0 Å². The number of hydrogen-bond donors (Lipinski definition) is 0. The van der Waals surface area contributed by atoms with E-state index in [1.807, 2.05) is 11.0 Å². The SMILES string of the molecule is N#Cc1ccc(C(=O)N(CCCCl)C2CCC2)nc1. The summed E-state index contributed by atoms with van der Waals surface area (Å²) in [7, 11) is 0. The Morgan fingerprint density at radius 1 is 1.53 bits per heavy atom. The lowest BCUT2D eigenvalue weighted by molar-refractivity contribution is 0.0575. The molecule has 0 saturated heterocycles. The average molecular weight is 278 g/mol. The molecule has 1 aromatic heterocycles. The van der Waals surface area contributed by atoms with Crippen LogP contribution < -0.4 is 0 Å². The zero-order chi connectivity index (χ0) is 13.7. The molecule has 0 aromatic carbocycles. The second kappa shape index (κ2) is 6.53. The van der Waals surface area contributed by atoms with Crippen LogP contribution in [0.1, 0.15) is 41.7 Å². The van der Waals surface area contributed by atoms with Crippen molar-refractivity contribution in [1.82, 2.24) is 9.88 Å². The quantitative estimate of drug-likeness (QED) is 0.777. The summed E-state index contributed by atoms with van der Waals surface area (Å²) in [5.41, 5.74) is 0.868. The van der Waals surface area contributed by atoms with Crippen molar-refractivity contribution < 1.29 is 4.79 Å². The molecule has 1 fully saturated rings. The van der Waals surface area contributed by atoms with Crippen LogP contribution >= 0.6 is 11.6 Å². The lowest BCUT2D eigenvalue weighted by Gasteiger charge is -2.37. The largest absolute Gasteiger partial charge is 0.334 e. The second-order valence-electron chi connectivity index (χ2n) is 4.67. The molecule has 0 spiro atoms. The molecule has 4 nitrogen and oxygen atoms in total. The lowest BCUT2D eigenvalue weighted by atomic mass is 9.91. The highest BCUT2D eigenvalue weighted by atomic mass is 35.5. The summed E-state index contributed by atoms with van der Waals surface area (Å²) < 4.78 is 0. The van der Waals surface area contributed by atoms with Crippen LogP contribution in [0, 0.1) is 11.3 Å². The summed E-state index contributed by atoms with van der Waals surface area (Å²) in [4.78, 5) is 18.4. The van der Waals surface area contributed by atoms with Crippen molar-refractivity contribution in [2.75, 3.05) is 12.4 Å². The monoisotopic (exact) mass is 277 g/mol. The highest BCUT2D eigenvalue weighted by Gasteiger charge is 2.29. The van der Waals surface area contributed by atoms with E-state index in [1.165, 1.54) is 12.6 Å². The average Bonchev–Trinajstić information content (AvgIpc) is 2.40. The smallest absolute Gasteiger partial charge is 0.272 e. The number of rotatable bonds is 5. The van der Waals surface area contributed by atoms with E-state index in [9.17, 15) is 4.79 Å². The van der Waals surface area contributed by atoms with E-state index in [2.05, 4.69) is 4.98 Å². The van der Waals surface area contributed by atoms with Crippen LogP contribution in [-0.4, -0.2) is 34.3 Å². The Kier molecular flexibility index (Phi) is 4.75. The number of aromatic nitrogens is 1. The number of nitrogens with zero attached hydrogens (tertiary/aromatic N) is 3. The molecule has 1 saturated carbocycles. The number of alkyl halides is 1. The number of carbonyl (C=O) groups is 1. The third kappa shape index (κ3) is 3.24. The van der Waals surface area contributed by atoms with Crippen molar-refractivity contribution in [2.45, 2.75) is 31.7 Å². The molecule has 2 rings (SSSR count). The van der Waals surface area contributed by atoms with Crippen molar-refractivity contribution in [3.05, 3.63) is 29.6 Å². The first-order chi connectivity index (χ1) is 9.26. The third-order valence-electron chi connectivity index (χ3n) is 3.42. The summed E-state index contributed by atoms with van der Waals surface area (Å²) >= 11 is 5.71. The minimum Gasteiger partial charge on any atom is -0.334 e. The van der Waals surface area contributed by atoms with Crippen LogP contribution in [0.25, 0.3) is 0 Å².